The van der Waals surface area contributed by atoms with Crippen LogP contribution in [0.5, 0.6) is 0 Å². The molecule has 0 radical (unpaired) electrons. The first-order chi connectivity index (χ1) is 6.88. The van der Waals surface area contributed by atoms with E-state index < -0.39 is 26.5 Å². The average molecular weight is 232 g/mol. The van der Waals surface area contributed by atoms with E-state index >= 15 is 0 Å². The third-order valence-corrected chi connectivity index (χ3v) is 2.57. The highest BCUT2D eigenvalue weighted by atomic mass is 32.2. The molecule has 5 N–H and O–H groups in total. The Morgan fingerprint density at radius 3 is 2.40 bits per heavy atom. The third-order valence-electron chi connectivity index (χ3n) is 1.67. The Balaban J connectivity index is 3.60. The minimum absolute atomic E-state index is 0.0994. The summed E-state index contributed by atoms with van der Waals surface area (Å²) in [6.45, 7) is 0. The van der Waals surface area contributed by atoms with Crippen LogP contribution in [0, 0.1) is 0 Å². The van der Waals surface area contributed by atoms with Gasteiger partial charge in [0, 0.05) is 0 Å². The topological polar surface area (TPSA) is 130 Å². The van der Waals surface area contributed by atoms with E-state index in [4.69, 9.17) is 15.5 Å². The maximum atomic E-state index is 10.8. The number of hydrogen-bond donors (Lipinski definition) is 4. The normalized spacial score (nSPS) is 11.1. The lowest BCUT2D eigenvalue weighted by Crippen LogP contribution is -2.15. The first kappa shape index (κ1) is 11.4. The van der Waals surface area contributed by atoms with E-state index in [1.54, 1.807) is 0 Å². The Kier molecular flexibility index (Phi) is 2.93. The summed E-state index contributed by atoms with van der Waals surface area (Å²) in [5, 5.41) is 8.77. The van der Waals surface area contributed by atoms with E-state index in [1.165, 1.54) is 12.1 Å². The quantitative estimate of drug-likeness (QED) is 0.325. The number of aromatic carboxylic acids is 1. The van der Waals surface area contributed by atoms with Crippen molar-refractivity contribution < 1.29 is 22.9 Å². The van der Waals surface area contributed by atoms with Crippen LogP contribution in [0.1, 0.15) is 10.4 Å². The zero-order valence-corrected chi connectivity index (χ0v) is 8.15. The highest BCUT2D eigenvalue weighted by molar-refractivity contribution is 7.86. The van der Waals surface area contributed by atoms with E-state index in [9.17, 15) is 13.2 Å². The first-order valence-electron chi connectivity index (χ1n) is 3.68. The molecule has 0 aliphatic rings. The summed E-state index contributed by atoms with van der Waals surface area (Å²) in [4.78, 5) is 10.1. The number of hydrogen-bond acceptors (Lipinski definition) is 5. The van der Waals surface area contributed by atoms with Gasteiger partial charge in [-0.3, -0.25) is 10.4 Å². The standard InChI is InChI=1S/C7H8N2O5S/c8-9-4-2-1-3-5(15(12,13)14)6(4)7(10)11/h1-3,9H,8H2,(H,10,11)(H,12,13,14). The third kappa shape index (κ3) is 2.24. The lowest BCUT2D eigenvalue weighted by atomic mass is 10.2. The van der Waals surface area contributed by atoms with Gasteiger partial charge in [-0.1, -0.05) is 6.07 Å². The van der Waals surface area contributed by atoms with Crippen LogP contribution >= 0.6 is 0 Å². The molecule has 1 rings (SSSR count). The molecule has 0 atom stereocenters. The molecule has 0 heterocycles. The van der Waals surface area contributed by atoms with Crippen LogP contribution in [0.3, 0.4) is 0 Å². The number of nitrogens with one attached hydrogen (secondary N) is 1. The minimum atomic E-state index is -4.59. The number of hydrazine groups is 1. The molecule has 15 heavy (non-hydrogen) atoms. The number of carbonyl (C=O) groups is 1. The Labute approximate surface area is 85.2 Å². The van der Waals surface area contributed by atoms with Crippen LogP contribution in [-0.4, -0.2) is 24.0 Å². The molecule has 7 nitrogen and oxygen atoms in total. The van der Waals surface area contributed by atoms with Gasteiger partial charge in [0.25, 0.3) is 10.1 Å². The molecular formula is C7H8N2O5S. The van der Waals surface area contributed by atoms with Gasteiger partial charge in [0.2, 0.25) is 0 Å². The summed E-state index contributed by atoms with van der Waals surface area (Å²) < 4.78 is 30.5. The molecule has 1 aromatic carbocycles. The number of nitrogens with two attached hydrogens (primary N) is 1. The lowest BCUT2D eigenvalue weighted by Gasteiger charge is -2.08. The average Bonchev–Trinajstić information content (AvgIpc) is 2.15. The largest absolute Gasteiger partial charge is 0.478 e. The van der Waals surface area contributed by atoms with Crippen LogP contribution in [-0.2, 0) is 10.1 Å². The van der Waals surface area contributed by atoms with Crippen LogP contribution < -0.4 is 11.3 Å². The molecule has 0 aliphatic heterocycles. The SMILES string of the molecule is NNc1cccc(S(=O)(=O)O)c1C(=O)O. The zero-order chi connectivity index (χ0) is 11.6. The number of benzene rings is 1. The van der Waals surface area contributed by atoms with Crippen LogP contribution in [0.15, 0.2) is 23.1 Å². The second-order valence-electron chi connectivity index (χ2n) is 2.60. The predicted octanol–water partition coefficient (Wildman–Crippen LogP) is -0.0829. The van der Waals surface area contributed by atoms with E-state index in [2.05, 4.69) is 0 Å². The van der Waals surface area contributed by atoms with Gasteiger partial charge in [-0.2, -0.15) is 8.42 Å². The molecule has 0 amide bonds. The molecular weight excluding hydrogens is 224 g/mol. The molecule has 0 aromatic heterocycles. The van der Waals surface area contributed by atoms with Crippen LogP contribution in [0.4, 0.5) is 5.69 Å². The summed E-state index contributed by atoms with van der Waals surface area (Å²) >= 11 is 0. The fourth-order valence-corrected chi connectivity index (χ4v) is 1.79. The molecule has 0 saturated heterocycles. The van der Waals surface area contributed by atoms with E-state index in [0.717, 1.165) is 6.07 Å². The molecule has 0 unspecified atom stereocenters. The Morgan fingerprint density at radius 2 is 2.00 bits per heavy atom. The summed E-state index contributed by atoms with van der Waals surface area (Å²) in [7, 11) is -4.59. The van der Waals surface area contributed by atoms with Gasteiger partial charge in [0.15, 0.2) is 0 Å². The summed E-state index contributed by atoms with van der Waals surface area (Å²) in [5.74, 6) is 3.51. The molecule has 1 aromatic rings. The maximum absolute atomic E-state index is 10.8. The molecule has 0 bridgehead atoms. The van der Waals surface area contributed by atoms with Gasteiger partial charge >= 0.3 is 5.97 Å². The Bertz CT molecular complexity index is 496. The highest BCUT2D eigenvalue weighted by Crippen LogP contribution is 2.23. The van der Waals surface area contributed by atoms with Crippen molar-refractivity contribution in [1.82, 2.24) is 0 Å². The smallest absolute Gasteiger partial charge is 0.339 e. The van der Waals surface area contributed by atoms with Gasteiger partial charge in [-0.15, -0.1) is 0 Å². The first-order valence-corrected chi connectivity index (χ1v) is 5.12. The lowest BCUT2D eigenvalue weighted by molar-refractivity contribution is 0.0693. The zero-order valence-electron chi connectivity index (χ0n) is 7.34. The molecule has 0 spiro atoms. The molecule has 0 fully saturated rings. The van der Waals surface area contributed by atoms with Crippen molar-refractivity contribution in [2.45, 2.75) is 4.90 Å². The van der Waals surface area contributed by atoms with Crippen molar-refractivity contribution in [1.29, 1.82) is 0 Å². The molecule has 82 valence electrons. The van der Waals surface area contributed by atoms with E-state index in [1.807, 2.05) is 5.43 Å². The number of carboxylic acids is 1. The highest BCUT2D eigenvalue weighted by Gasteiger charge is 2.22. The van der Waals surface area contributed by atoms with Crippen molar-refractivity contribution in [2.24, 2.45) is 5.84 Å². The van der Waals surface area contributed by atoms with Crippen molar-refractivity contribution >= 4 is 21.8 Å². The molecule has 0 aliphatic carbocycles. The second-order valence-corrected chi connectivity index (χ2v) is 3.99. The predicted molar refractivity (Wildman–Crippen MR) is 51.0 cm³/mol. The van der Waals surface area contributed by atoms with E-state index in [-0.39, 0.29) is 5.69 Å². The maximum Gasteiger partial charge on any atom is 0.339 e. The Morgan fingerprint density at radius 1 is 1.40 bits per heavy atom. The van der Waals surface area contributed by atoms with Crippen molar-refractivity contribution in [3.05, 3.63) is 23.8 Å². The second kappa shape index (κ2) is 3.85. The van der Waals surface area contributed by atoms with Gasteiger partial charge in [-0.25, -0.2) is 4.79 Å². The van der Waals surface area contributed by atoms with Gasteiger partial charge in [-0.05, 0) is 12.1 Å². The van der Waals surface area contributed by atoms with Gasteiger partial charge in [0.05, 0.1) is 5.69 Å². The summed E-state index contributed by atoms with van der Waals surface area (Å²) in [6.07, 6.45) is 0. The van der Waals surface area contributed by atoms with Crippen LogP contribution in [0.2, 0.25) is 0 Å². The summed E-state index contributed by atoms with van der Waals surface area (Å²) in [6, 6.07) is 3.50. The summed E-state index contributed by atoms with van der Waals surface area (Å²) in [5.41, 5.74) is 1.34. The number of nitrogen functional groups attached to an aromatic ring is 1. The minimum Gasteiger partial charge on any atom is -0.478 e. The van der Waals surface area contributed by atoms with E-state index in [0.29, 0.717) is 0 Å². The van der Waals surface area contributed by atoms with Crippen molar-refractivity contribution in [3.8, 4) is 0 Å². The Hall–Kier alpha value is -1.64. The number of anilines is 1. The number of carboxylic acid groups (broad SMARTS) is 1. The van der Waals surface area contributed by atoms with Crippen LogP contribution in [0.25, 0.3) is 0 Å². The van der Waals surface area contributed by atoms with Gasteiger partial charge < -0.3 is 10.5 Å². The molecule has 8 heteroatoms. The van der Waals surface area contributed by atoms with Crippen molar-refractivity contribution in [2.75, 3.05) is 5.43 Å². The monoisotopic (exact) mass is 232 g/mol. The van der Waals surface area contributed by atoms with Crippen molar-refractivity contribution in [3.63, 3.8) is 0 Å². The number of rotatable bonds is 3. The fourth-order valence-electron chi connectivity index (χ4n) is 1.09. The van der Waals surface area contributed by atoms with Gasteiger partial charge in [0.1, 0.15) is 10.5 Å². The fraction of sp³-hybridized carbons (Fsp3) is 0. The molecule has 0 saturated carbocycles.